The van der Waals surface area contributed by atoms with E-state index >= 15 is 0 Å². The molecule has 1 heterocycles. The van der Waals surface area contributed by atoms with Gasteiger partial charge in [0.1, 0.15) is 6.04 Å². The Hall–Kier alpha value is -1.63. The molecule has 0 aromatic heterocycles. The van der Waals surface area contributed by atoms with Crippen LogP contribution in [-0.4, -0.2) is 37.6 Å². The first-order valence-corrected chi connectivity index (χ1v) is 8.02. The van der Waals surface area contributed by atoms with Crippen molar-refractivity contribution in [3.05, 3.63) is 29.8 Å². The zero-order valence-electron chi connectivity index (χ0n) is 14.1. The Bertz CT molecular complexity index is 546. The molecule has 3 N–H and O–H groups in total. The summed E-state index contributed by atoms with van der Waals surface area (Å²) in [5, 5.41) is 8.88. The maximum absolute atomic E-state index is 12.0. The molecule has 1 fully saturated rings. The number of ether oxygens (including phenoxy) is 1. The van der Waals surface area contributed by atoms with E-state index in [0.29, 0.717) is 38.6 Å². The third kappa shape index (κ3) is 6.86. The van der Waals surface area contributed by atoms with Gasteiger partial charge in [0.05, 0.1) is 13.2 Å². The fourth-order valence-corrected chi connectivity index (χ4v) is 2.39. The molecule has 1 aromatic rings. The monoisotopic (exact) mass is 355 g/mol. The standard InChI is InChI=1S/C17H25N3O3.ClH/c1-12(2)8-16(21)20-14-5-3-4-13(9-14)10-19-17(22)15-11-23-7-6-18-15;/h3-5,9,12,15,18H,6-8,10-11H2,1-2H3,(H,19,22)(H,20,21);1H. The summed E-state index contributed by atoms with van der Waals surface area (Å²) in [5.74, 6) is 0.256. The van der Waals surface area contributed by atoms with Gasteiger partial charge in [0.15, 0.2) is 0 Å². The van der Waals surface area contributed by atoms with Crippen molar-refractivity contribution in [1.82, 2.24) is 10.6 Å². The smallest absolute Gasteiger partial charge is 0.239 e. The van der Waals surface area contributed by atoms with E-state index in [2.05, 4.69) is 16.0 Å². The highest BCUT2D eigenvalue weighted by Gasteiger charge is 2.20. The summed E-state index contributed by atoms with van der Waals surface area (Å²) in [5.41, 5.74) is 1.69. The number of hydrogen-bond donors (Lipinski definition) is 3. The lowest BCUT2D eigenvalue weighted by molar-refractivity contribution is -0.126. The molecule has 1 atom stereocenters. The maximum Gasteiger partial charge on any atom is 0.239 e. The number of halogens is 1. The van der Waals surface area contributed by atoms with Crippen molar-refractivity contribution in [2.45, 2.75) is 32.9 Å². The summed E-state index contributed by atoms with van der Waals surface area (Å²) < 4.78 is 5.28. The highest BCUT2D eigenvalue weighted by atomic mass is 35.5. The summed E-state index contributed by atoms with van der Waals surface area (Å²) in [4.78, 5) is 23.8. The van der Waals surface area contributed by atoms with Gasteiger partial charge in [-0.15, -0.1) is 12.4 Å². The highest BCUT2D eigenvalue weighted by molar-refractivity contribution is 5.90. The van der Waals surface area contributed by atoms with Crippen LogP contribution >= 0.6 is 12.4 Å². The lowest BCUT2D eigenvalue weighted by atomic mass is 10.1. The second kappa shape index (κ2) is 10.3. The SMILES string of the molecule is CC(C)CC(=O)Nc1cccc(CNC(=O)C2COCCN2)c1.Cl. The molecule has 1 aliphatic heterocycles. The molecule has 1 unspecified atom stereocenters. The van der Waals surface area contributed by atoms with Crippen LogP contribution in [0.3, 0.4) is 0 Å². The molecular weight excluding hydrogens is 330 g/mol. The third-order valence-corrected chi connectivity index (χ3v) is 3.51. The second-order valence-corrected chi connectivity index (χ2v) is 6.15. The molecule has 0 bridgehead atoms. The van der Waals surface area contributed by atoms with Gasteiger partial charge in [-0.05, 0) is 23.6 Å². The minimum atomic E-state index is -0.294. The van der Waals surface area contributed by atoms with Gasteiger partial charge in [-0.2, -0.15) is 0 Å². The van der Waals surface area contributed by atoms with Gasteiger partial charge < -0.3 is 20.7 Å². The number of morpholine rings is 1. The fraction of sp³-hybridized carbons (Fsp3) is 0.529. The number of benzene rings is 1. The van der Waals surface area contributed by atoms with Crippen LogP contribution in [0, 0.1) is 5.92 Å². The molecule has 0 spiro atoms. The Morgan fingerprint density at radius 1 is 1.38 bits per heavy atom. The summed E-state index contributed by atoms with van der Waals surface area (Å²) in [6, 6.07) is 7.22. The molecule has 2 rings (SSSR count). The summed E-state index contributed by atoms with van der Waals surface area (Å²) in [6.07, 6.45) is 0.494. The summed E-state index contributed by atoms with van der Waals surface area (Å²) >= 11 is 0. The lowest BCUT2D eigenvalue weighted by Gasteiger charge is -2.22. The number of anilines is 1. The number of rotatable bonds is 6. The molecule has 0 radical (unpaired) electrons. The number of carbonyl (C=O) groups excluding carboxylic acids is 2. The zero-order valence-corrected chi connectivity index (χ0v) is 14.9. The van der Waals surface area contributed by atoms with E-state index in [4.69, 9.17) is 4.74 Å². The molecule has 7 heteroatoms. The predicted octanol–water partition coefficient (Wildman–Crippen LogP) is 1.70. The first-order chi connectivity index (χ1) is 11.0. The van der Waals surface area contributed by atoms with Crippen molar-refractivity contribution in [3.8, 4) is 0 Å². The van der Waals surface area contributed by atoms with Crippen LogP contribution in [0.4, 0.5) is 5.69 Å². The molecule has 1 saturated heterocycles. The lowest BCUT2D eigenvalue weighted by Crippen LogP contribution is -2.51. The second-order valence-electron chi connectivity index (χ2n) is 6.15. The molecule has 6 nitrogen and oxygen atoms in total. The van der Waals surface area contributed by atoms with Gasteiger partial charge in [-0.3, -0.25) is 9.59 Å². The largest absolute Gasteiger partial charge is 0.378 e. The average molecular weight is 356 g/mol. The van der Waals surface area contributed by atoms with Crippen molar-refractivity contribution in [1.29, 1.82) is 0 Å². The number of carbonyl (C=O) groups is 2. The van der Waals surface area contributed by atoms with Crippen molar-refractivity contribution in [3.63, 3.8) is 0 Å². The van der Waals surface area contributed by atoms with Crippen molar-refractivity contribution in [2.75, 3.05) is 25.1 Å². The molecule has 2 amide bonds. The zero-order chi connectivity index (χ0) is 16.7. The van der Waals surface area contributed by atoms with Gasteiger partial charge >= 0.3 is 0 Å². The molecule has 24 heavy (non-hydrogen) atoms. The number of amides is 2. The molecule has 134 valence electrons. The van der Waals surface area contributed by atoms with E-state index in [9.17, 15) is 9.59 Å². The number of nitrogens with one attached hydrogen (secondary N) is 3. The van der Waals surface area contributed by atoms with Gasteiger partial charge in [-0.1, -0.05) is 26.0 Å². The maximum atomic E-state index is 12.0. The molecule has 1 aliphatic rings. The normalized spacial score (nSPS) is 17.0. The van der Waals surface area contributed by atoms with Crippen LogP contribution < -0.4 is 16.0 Å². The third-order valence-electron chi connectivity index (χ3n) is 3.51. The van der Waals surface area contributed by atoms with E-state index in [1.165, 1.54) is 0 Å². The van der Waals surface area contributed by atoms with Crippen LogP contribution in [0.25, 0.3) is 0 Å². The first kappa shape index (κ1) is 20.4. The van der Waals surface area contributed by atoms with Gasteiger partial charge in [0.2, 0.25) is 11.8 Å². The number of hydrogen-bond acceptors (Lipinski definition) is 4. The van der Waals surface area contributed by atoms with E-state index in [1.54, 1.807) is 0 Å². The summed E-state index contributed by atoms with van der Waals surface area (Å²) in [6.45, 7) is 6.17. The minimum absolute atomic E-state index is 0. The Labute approximate surface area is 149 Å². The Morgan fingerprint density at radius 3 is 2.83 bits per heavy atom. The topological polar surface area (TPSA) is 79.5 Å². The van der Waals surface area contributed by atoms with Gasteiger partial charge in [0, 0.05) is 25.2 Å². The van der Waals surface area contributed by atoms with E-state index in [-0.39, 0.29) is 30.3 Å². The fourth-order valence-electron chi connectivity index (χ4n) is 2.39. The molecular formula is C17H26ClN3O3. The van der Waals surface area contributed by atoms with E-state index in [1.807, 2.05) is 38.1 Å². The highest BCUT2D eigenvalue weighted by Crippen LogP contribution is 2.12. The van der Waals surface area contributed by atoms with Crippen molar-refractivity contribution < 1.29 is 14.3 Å². The van der Waals surface area contributed by atoms with Crippen LogP contribution in [0.2, 0.25) is 0 Å². The first-order valence-electron chi connectivity index (χ1n) is 8.02. The van der Waals surface area contributed by atoms with Crippen LogP contribution in [0.5, 0.6) is 0 Å². The van der Waals surface area contributed by atoms with Gasteiger partial charge in [0.25, 0.3) is 0 Å². The predicted molar refractivity (Wildman–Crippen MR) is 96.2 cm³/mol. The minimum Gasteiger partial charge on any atom is -0.378 e. The van der Waals surface area contributed by atoms with Crippen LogP contribution in [0.1, 0.15) is 25.8 Å². The Kier molecular flexibility index (Phi) is 8.74. The Balaban J connectivity index is 0.00000288. The average Bonchev–Trinajstić information content (AvgIpc) is 2.53. The molecule has 0 aliphatic carbocycles. The van der Waals surface area contributed by atoms with Gasteiger partial charge in [-0.25, -0.2) is 0 Å². The van der Waals surface area contributed by atoms with Crippen molar-refractivity contribution >= 4 is 29.9 Å². The van der Waals surface area contributed by atoms with E-state index in [0.717, 1.165) is 11.3 Å². The van der Waals surface area contributed by atoms with Crippen LogP contribution in [-0.2, 0) is 20.9 Å². The van der Waals surface area contributed by atoms with Crippen molar-refractivity contribution in [2.24, 2.45) is 5.92 Å². The quantitative estimate of drug-likeness (QED) is 0.725. The molecule has 1 aromatic carbocycles. The van der Waals surface area contributed by atoms with Crippen LogP contribution in [0.15, 0.2) is 24.3 Å². The molecule has 0 saturated carbocycles. The Morgan fingerprint density at radius 2 is 2.17 bits per heavy atom. The summed E-state index contributed by atoms with van der Waals surface area (Å²) in [7, 11) is 0. The van der Waals surface area contributed by atoms with E-state index < -0.39 is 0 Å².